The number of aryl methyl sites for hydroxylation is 3. The number of nitrogens with one attached hydrogen (secondary N) is 1. The fourth-order valence-electron chi connectivity index (χ4n) is 2.84. The molecule has 0 unspecified atom stereocenters. The lowest BCUT2D eigenvalue weighted by Gasteiger charge is -2.09. The minimum Gasteiger partial charge on any atom is -0.486 e. The number of rotatable bonds is 8. The molecular formula is C22H26N4O2S. The number of ether oxygens (including phenoxy) is 1. The van der Waals surface area contributed by atoms with Gasteiger partial charge in [0.25, 0.3) is 0 Å². The van der Waals surface area contributed by atoms with Gasteiger partial charge in [-0.2, -0.15) is 0 Å². The second-order valence-corrected chi connectivity index (χ2v) is 7.84. The summed E-state index contributed by atoms with van der Waals surface area (Å²) in [6, 6.07) is 14.0. The van der Waals surface area contributed by atoms with Crippen molar-refractivity contribution in [1.29, 1.82) is 0 Å². The first-order valence-corrected chi connectivity index (χ1v) is 10.5. The summed E-state index contributed by atoms with van der Waals surface area (Å²) in [5, 5.41) is 12.0. The van der Waals surface area contributed by atoms with E-state index in [1.807, 2.05) is 55.8 Å². The lowest BCUT2D eigenvalue weighted by Crippen LogP contribution is -2.15. The molecule has 29 heavy (non-hydrogen) atoms. The fraction of sp³-hybridized carbons (Fsp3) is 0.318. The Hall–Kier alpha value is -2.80. The molecule has 0 aliphatic heterocycles. The first-order chi connectivity index (χ1) is 14.0. The van der Waals surface area contributed by atoms with E-state index in [1.54, 1.807) is 0 Å². The van der Waals surface area contributed by atoms with Crippen LogP contribution in [0.15, 0.2) is 47.6 Å². The molecule has 0 aliphatic rings. The number of thioether (sulfide) groups is 1. The van der Waals surface area contributed by atoms with E-state index in [-0.39, 0.29) is 11.7 Å². The summed E-state index contributed by atoms with van der Waals surface area (Å²) in [6.07, 6.45) is 1.00. The van der Waals surface area contributed by atoms with Crippen molar-refractivity contribution in [2.75, 3.05) is 11.1 Å². The first-order valence-electron chi connectivity index (χ1n) is 9.56. The second kappa shape index (κ2) is 9.60. The van der Waals surface area contributed by atoms with Crippen LogP contribution in [0, 0.1) is 13.8 Å². The molecule has 0 aliphatic carbocycles. The van der Waals surface area contributed by atoms with Crippen LogP contribution in [-0.2, 0) is 24.9 Å². The van der Waals surface area contributed by atoms with Gasteiger partial charge in [0.05, 0.1) is 5.75 Å². The molecule has 152 valence electrons. The van der Waals surface area contributed by atoms with Crippen molar-refractivity contribution in [2.45, 2.75) is 39.0 Å². The Labute approximate surface area is 175 Å². The van der Waals surface area contributed by atoms with Gasteiger partial charge in [-0.05, 0) is 49.6 Å². The molecule has 6 nitrogen and oxygen atoms in total. The van der Waals surface area contributed by atoms with Gasteiger partial charge < -0.3 is 14.6 Å². The maximum atomic E-state index is 12.3. The number of aromatic nitrogens is 3. The molecule has 3 aromatic rings. The predicted octanol–water partition coefficient (Wildman–Crippen LogP) is 4.30. The molecule has 1 heterocycles. The number of nitrogens with zero attached hydrogens (tertiary/aromatic N) is 3. The Morgan fingerprint density at radius 3 is 2.59 bits per heavy atom. The van der Waals surface area contributed by atoms with E-state index < -0.39 is 0 Å². The van der Waals surface area contributed by atoms with Crippen molar-refractivity contribution in [3.63, 3.8) is 0 Å². The summed E-state index contributed by atoms with van der Waals surface area (Å²) in [5.41, 5.74) is 4.33. The summed E-state index contributed by atoms with van der Waals surface area (Å²) in [5.74, 6) is 1.70. The zero-order valence-electron chi connectivity index (χ0n) is 17.2. The molecule has 7 heteroatoms. The summed E-state index contributed by atoms with van der Waals surface area (Å²) >= 11 is 1.35. The van der Waals surface area contributed by atoms with Gasteiger partial charge in [-0.1, -0.05) is 48.5 Å². The Kier molecular flexibility index (Phi) is 6.93. The highest BCUT2D eigenvalue weighted by Gasteiger charge is 2.13. The smallest absolute Gasteiger partial charge is 0.234 e. The molecule has 0 spiro atoms. The molecule has 1 aromatic heterocycles. The summed E-state index contributed by atoms with van der Waals surface area (Å²) in [6.45, 7) is 6.46. The Balaban J connectivity index is 1.52. The normalized spacial score (nSPS) is 10.8. The van der Waals surface area contributed by atoms with Crippen LogP contribution in [0.2, 0.25) is 0 Å². The molecule has 1 N–H and O–H groups in total. The zero-order valence-corrected chi connectivity index (χ0v) is 18.0. The number of benzene rings is 2. The fourth-order valence-corrected chi connectivity index (χ4v) is 3.57. The van der Waals surface area contributed by atoms with E-state index in [4.69, 9.17) is 4.74 Å². The number of anilines is 1. The molecular weight excluding hydrogens is 384 g/mol. The molecule has 0 saturated carbocycles. The van der Waals surface area contributed by atoms with Crippen LogP contribution in [-0.4, -0.2) is 26.4 Å². The molecule has 1 amide bonds. The molecule has 0 saturated heterocycles. The second-order valence-electron chi connectivity index (χ2n) is 6.90. The lowest BCUT2D eigenvalue weighted by molar-refractivity contribution is -0.113. The lowest BCUT2D eigenvalue weighted by atomic mass is 10.1. The van der Waals surface area contributed by atoms with E-state index in [9.17, 15) is 4.79 Å². The van der Waals surface area contributed by atoms with Crippen molar-refractivity contribution in [1.82, 2.24) is 14.8 Å². The summed E-state index contributed by atoms with van der Waals surface area (Å²) in [4.78, 5) is 12.3. The first kappa shape index (κ1) is 20.9. The number of hydrogen-bond donors (Lipinski definition) is 1. The maximum absolute atomic E-state index is 12.3. The number of carbonyl (C=O) groups excluding carboxylic acids is 1. The van der Waals surface area contributed by atoms with Crippen LogP contribution in [0.5, 0.6) is 5.75 Å². The van der Waals surface area contributed by atoms with Crippen LogP contribution >= 0.6 is 11.8 Å². The summed E-state index contributed by atoms with van der Waals surface area (Å²) < 4.78 is 7.66. The van der Waals surface area contributed by atoms with Gasteiger partial charge in [0.15, 0.2) is 11.0 Å². The third-order valence-corrected chi connectivity index (χ3v) is 5.63. The van der Waals surface area contributed by atoms with Gasteiger partial charge in [0, 0.05) is 12.7 Å². The molecule has 0 atom stereocenters. The van der Waals surface area contributed by atoms with Crippen LogP contribution < -0.4 is 10.1 Å². The maximum Gasteiger partial charge on any atom is 0.234 e. The highest BCUT2D eigenvalue weighted by molar-refractivity contribution is 7.99. The van der Waals surface area contributed by atoms with Crippen molar-refractivity contribution in [3.8, 4) is 5.75 Å². The minimum absolute atomic E-state index is 0.0706. The third-order valence-electron chi connectivity index (χ3n) is 4.61. The van der Waals surface area contributed by atoms with Crippen LogP contribution in [0.4, 0.5) is 5.69 Å². The zero-order chi connectivity index (χ0) is 20.8. The summed E-state index contributed by atoms with van der Waals surface area (Å²) in [7, 11) is 1.88. The number of hydrogen-bond acceptors (Lipinski definition) is 5. The van der Waals surface area contributed by atoms with Gasteiger partial charge in [-0.25, -0.2) is 0 Å². The topological polar surface area (TPSA) is 69.0 Å². The third kappa shape index (κ3) is 5.60. The Morgan fingerprint density at radius 2 is 1.90 bits per heavy atom. The van der Waals surface area contributed by atoms with Crippen LogP contribution in [0.25, 0.3) is 0 Å². The van der Waals surface area contributed by atoms with Crippen LogP contribution in [0.3, 0.4) is 0 Å². The highest BCUT2D eigenvalue weighted by Crippen LogP contribution is 2.20. The van der Waals surface area contributed by atoms with Crippen LogP contribution in [0.1, 0.15) is 29.4 Å². The standard InChI is InChI=1S/C22H26N4O2S/c1-5-17-7-9-18(10-8-17)28-13-20-24-25-22(26(20)4)29-14-21(27)23-19-11-6-15(2)12-16(19)3/h6-12H,5,13-14H2,1-4H3,(H,23,27). The quantitative estimate of drug-likeness (QED) is 0.561. The SMILES string of the molecule is CCc1ccc(OCc2nnc(SCC(=O)Nc3ccc(C)cc3C)n2C)cc1. The molecule has 2 aromatic carbocycles. The highest BCUT2D eigenvalue weighted by atomic mass is 32.2. The van der Waals surface area contributed by atoms with E-state index in [1.165, 1.54) is 22.9 Å². The van der Waals surface area contributed by atoms with Crippen molar-refractivity contribution < 1.29 is 9.53 Å². The van der Waals surface area contributed by atoms with Gasteiger partial charge in [-0.3, -0.25) is 4.79 Å². The largest absolute Gasteiger partial charge is 0.486 e. The number of amides is 1. The van der Waals surface area contributed by atoms with E-state index >= 15 is 0 Å². The van der Waals surface area contributed by atoms with E-state index in [2.05, 4.69) is 34.6 Å². The van der Waals surface area contributed by atoms with Gasteiger partial charge >= 0.3 is 0 Å². The monoisotopic (exact) mass is 410 g/mol. The Morgan fingerprint density at radius 1 is 1.14 bits per heavy atom. The predicted molar refractivity (Wildman–Crippen MR) is 116 cm³/mol. The molecule has 0 radical (unpaired) electrons. The van der Waals surface area contributed by atoms with Crippen molar-refractivity contribution in [3.05, 3.63) is 65.0 Å². The van der Waals surface area contributed by atoms with Crippen molar-refractivity contribution in [2.24, 2.45) is 7.05 Å². The molecule has 0 fully saturated rings. The van der Waals surface area contributed by atoms with Crippen molar-refractivity contribution >= 4 is 23.4 Å². The average molecular weight is 411 g/mol. The molecule has 3 rings (SSSR count). The van der Waals surface area contributed by atoms with Gasteiger partial charge in [0.2, 0.25) is 5.91 Å². The molecule has 0 bridgehead atoms. The van der Waals surface area contributed by atoms with Gasteiger partial charge in [-0.15, -0.1) is 10.2 Å². The minimum atomic E-state index is -0.0706. The average Bonchev–Trinajstić information content (AvgIpc) is 3.07. The number of carbonyl (C=O) groups is 1. The van der Waals surface area contributed by atoms with Gasteiger partial charge in [0.1, 0.15) is 12.4 Å². The van der Waals surface area contributed by atoms with E-state index in [0.717, 1.165) is 23.4 Å². The Bertz CT molecular complexity index is 983. The van der Waals surface area contributed by atoms with E-state index in [0.29, 0.717) is 17.6 Å².